The van der Waals surface area contributed by atoms with Gasteiger partial charge in [-0.3, -0.25) is 25.2 Å². The van der Waals surface area contributed by atoms with E-state index in [0.717, 1.165) is 5.56 Å². The van der Waals surface area contributed by atoms with Gasteiger partial charge in [-0.1, -0.05) is 0 Å². The lowest BCUT2D eigenvalue weighted by atomic mass is 10.2. The third-order valence-corrected chi connectivity index (χ3v) is 4.08. The molecule has 0 aliphatic heterocycles. The van der Waals surface area contributed by atoms with Crippen molar-refractivity contribution in [3.8, 4) is 17.0 Å². The minimum atomic E-state index is -0.598. The molecule has 0 unspecified atom stereocenters. The van der Waals surface area contributed by atoms with E-state index in [2.05, 4.69) is 15.3 Å². The first kappa shape index (κ1) is 16.5. The van der Waals surface area contributed by atoms with Gasteiger partial charge in [-0.25, -0.2) is 4.98 Å². The topological polar surface area (TPSA) is 107 Å². The smallest absolute Gasteiger partial charge is 0.311 e. The highest BCUT2D eigenvalue weighted by atomic mass is 32.1. The number of hydrogen-bond donors (Lipinski definition) is 1. The lowest BCUT2D eigenvalue weighted by Crippen LogP contribution is -2.12. The molecule has 126 valence electrons. The number of methoxy groups -OCH3 is 1. The molecule has 8 nitrogen and oxygen atoms in total. The van der Waals surface area contributed by atoms with E-state index in [9.17, 15) is 14.9 Å². The van der Waals surface area contributed by atoms with Gasteiger partial charge in [-0.2, -0.15) is 0 Å². The monoisotopic (exact) mass is 356 g/mol. The van der Waals surface area contributed by atoms with Gasteiger partial charge < -0.3 is 4.74 Å². The Morgan fingerprint density at radius 3 is 2.88 bits per heavy atom. The van der Waals surface area contributed by atoms with Crippen LogP contribution in [0.4, 0.5) is 10.8 Å². The van der Waals surface area contributed by atoms with Crippen LogP contribution in [0.2, 0.25) is 0 Å². The molecule has 0 bridgehead atoms. The molecule has 3 aromatic rings. The van der Waals surface area contributed by atoms with Crippen LogP contribution in [0.3, 0.4) is 0 Å². The van der Waals surface area contributed by atoms with Gasteiger partial charge in [0.15, 0.2) is 10.9 Å². The van der Waals surface area contributed by atoms with Gasteiger partial charge >= 0.3 is 5.69 Å². The quantitative estimate of drug-likeness (QED) is 0.555. The molecule has 0 aliphatic carbocycles. The van der Waals surface area contributed by atoms with Gasteiger partial charge in [0, 0.05) is 35.0 Å². The minimum Gasteiger partial charge on any atom is -0.490 e. The third kappa shape index (κ3) is 3.61. The van der Waals surface area contributed by atoms with E-state index in [1.807, 2.05) is 6.07 Å². The van der Waals surface area contributed by atoms with Crippen molar-refractivity contribution in [3.05, 3.63) is 63.8 Å². The summed E-state index contributed by atoms with van der Waals surface area (Å²) in [6.45, 7) is 0. The number of nitrogens with zero attached hydrogens (tertiary/aromatic N) is 3. The number of nitro groups is 1. The average Bonchev–Trinajstić information content (AvgIpc) is 3.10. The molecule has 0 aliphatic rings. The molecule has 0 spiro atoms. The molecule has 25 heavy (non-hydrogen) atoms. The largest absolute Gasteiger partial charge is 0.490 e. The van der Waals surface area contributed by atoms with Gasteiger partial charge in [0.2, 0.25) is 0 Å². The second-order valence-electron chi connectivity index (χ2n) is 4.88. The number of anilines is 1. The van der Waals surface area contributed by atoms with Gasteiger partial charge in [0.1, 0.15) is 0 Å². The number of carbonyl (C=O) groups is 1. The van der Waals surface area contributed by atoms with Crippen molar-refractivity contribution in [3.63, 3.8) is 0 Å². The number of hydrogen-bond acceptors (Lipinski definition) is 7. The second-order valence-corrected chi connectivity index (χ2v) is 5.74. The zero-order chi connectivity index (χ0) is 17.8. The zero-order valence-electron chi connectivity index (χ0n) is 13.0. The maximum atomic E-state index is 12.3. The number of nitrogens with one attached hydrogen (secondary N) is 1. The molecule has 0 saturated carbocycles. The molecular formula is C16H12N4O4S. The van der Waals surface area contributed by atoms with Crippen LogP contribution in [0, 0.1) is 10.1 Å². The maximum Gasteiger partial charge on any atom is 0.311 e. The molecule has 2 heterocycles. The fraction of sp³-hybridized carbons (Fsp3) is 0.0625. The van der Waals surface area contributed by atoms with Crippen molar-refractivity contribution in [1.29, 1.82) is 0 Å². The Kier molecular flexibility index (Phi) is 4.66. The Hall–Kier alpha value is -3.33. The van der Waals surface area contributed by atoms with Crippen molar-refractivity contribution in [2.75, 3.05) is 12.4 Å². The van der Waals surface area contributed by atoms with Crippen LogP contribution in [0.25, 0.3) is 11.3 Å². The number of thiazole rings is 1. The Bertz CT molecular complexity index is 927. The summed E-state index contributed by atoms with van der Waals surface area (Å²) in [5.74, 6) is -0.396. The number of ether oxygens (including phenoxy) is 1. The molecule has 9 heteroatoms. The van der Waals surface area contributed by atoms with E-state index >= 15 is 0 Å². The summed E-state index contributed by atoms with van der Waals surface area (Å²) < 4.78 is 4.92. The average molecular weight is 356 g/mol. The van der Waals surface area contributed by atoms with E-state index in [1.54, 1.807) is 23.8 Å². The summed E-state index contributed by atoms with van der Waals surface area (Å²) in [7, 11) is 1.33. The molecule has 0 saturated heterocycles. The lowest BCUT2D eigenvalue weighted by Gasteiger charge is -2.05. The predicted molar refractivity (Wildman–Crippen MR) is 92.9 cm³/mol. The molecule has 3 rings (SSSR count). The Balaban J connectivity index is 1.80. The van der Waals surface area contributed by atoms with Gasteiger partial charge in [0.25, 0.3) is 5.91 Å². The van der Waals surface area contributed by atoms with E-state index < -0.39 is 10.8 Å². The summed E-state index contributed by atoms with van der Waals surface area (Å²) in [4.78, 5) is 31.1. The molecule has 0 radical (unpaired) electrons. The van der Waals surface area contributed by atoms with Crippen LogP contribution < -0.4 is 10.1 Å². The first-order chi connectivity index (χ1) is 12.1. The second kappa shape index (κ2) is 7.05. The number of benzene rings is 1. The Morgan fingerprint density at radius 1 is 1.36 bits per heavy atom. The first-order valence-corrected chi connectivity index (χ1v) is 7.96. The number of aromatic nitrogens is 2. The van der Waals surface area contributed by atoms with Gasteiger partial charge in [0.05, 0.1) is 17.7 Å². The molecule has 1 N–H and O–H groups in total. The van der Waals surface area contributed by atoms with E-state index in [4.69, 9.17) is 4.74 Å². The highest BCUT2D eigenvalue weighted by Crippen LogP contribution is 2.28. The summed E-state index contributed by atoms with van der Waals surface area (Å²) in [5.41, 5.74) is 1.39. The SMILES string of the molecule is COc1ccc(C(=O)Nc2nc(-c3cccnc3)cs2)cc1[N+](=O)[O-]. The number of amides is 1. The zero-order valence-corrected chi connectivity index (χ0v) is 13.8. The molecule has 1 amide bonds. The summed E-state index contributed by atoms with van der Waals surface area (Å²) in [5, 5.41) is 15.9. The van der Waals surface area contributed by atoms with E-state index in [-0.39, 0.29) is 17.0 Å². The van der Waals surface area contributed by atoms with Crippen LogP contribution in [0.5, 0.6) is 5.75 Å². The molecule has 0 atom stereocenters. The van der Waals surface area contributed by atoms with Crippen LogP contribution >= 0.6 is 11.3 Å². The molecular weight excluding hydrogens is 344 g/mol. The van der Waals surface area contributed by atoms with Crippen molar-refractivity contribution in [2.45, 2.75) is 0 Å². The summed E-state index contributed by atoms with van der Waals surface area (Å²) in [6.07, 6.45) is 3.34. The number of carbonyl (C=O) groups excluding carboxylic acids is 1. The minimum absolute atomic E-state index is 0.0923. The summed E-state index contributed by atoms with van der Waals surface area (Å²) in [6, 6.07) is 7.67. The van der Waals surface area contributed by atoms with Crippen molar-refractivity contribution in [2.24, 2.45) is 0 Å². The summed E-state index contributed by atoms with van der Waals surface area (Å²) >= 11 is 1.26. The van der Waals surface area contributed by atoms with Gasteiger partial charge in [-0.15, -0.1) is 11.3 Å². The van der Waals surface area contributed by atoms with Crippen molar-refractivity contribution >= 4 is 28.1 Å². The third-order valence-electron chi connectivity index (χ3n) is 3.32. The maximum absolute atomic E-state index is 12.3. The van der Waals surface area contributed by atoms with Crippen molar-refractivity contribution < 1.29 is 14.5 Å². The normalized spacial score (nSPS) is 10.3. The number of nitro benzene ring substituents is 1. The number of pyridine rings is 1. The Morgan fingerprint density at radius 2 is 2.20 bits per heavy atom. The van der Waals surface area contributed by atoms with E-state index in [0.29, 0.717) is 10.8 Å². The van der Waals surface area contributed by atoms with Crippen LogP contribution in [0.1, 0.15) is 10.4 Å². The van der Waals surface area contributed by atoms with E-state index in [1.165, 1.54) is 36.6 Å². The van der Waals surface area contributed by atoms with Crippen LogP contribution in [-0.4, -0.2) is 27.9 Å². The highest BCUT2D eigenvalue weighted by molar-refractivity contribution is 7.14. The fourth-order valence-electron chi connectivity index (χ4n) is 2.12. The predicted octanol–water partition coefficient (Wildman–Crippen LogP) is 3.37. The molecule has 1 aromatic carbocycles. The Labute approximate surface area is 146 Å². The molecule has 0 fully saturated rings. The van der Waals surface area contributed by atoms with Crippen LogP contribution in [0.15, 0.2) is 48.1 Å². The standard InChI is InChI=1S/C16H12N4O4S/c1-24-14-5-4-10(7-13(14)20(22)23)15(21)19-16-18-12(9-25-16)11-3-2-6-17-8-11/h2-9H,1H3,(H,18,19,21). The lowest BCUT2D eigenvalue weighted by molar-refractivity contribution is -0.385. The van der Waals surface area contributed by atoms with Gasteiger partial charge in [-0.05, 0) is 24.3 Å². The molecule has 2 aromatic heterocycles. The first-order valence-electron chi connectivity index (χ1n) is 7.08. The number of rotatable bonds is 5. The highest BCUT2D eigenvalue weighted by Gasteiger charge is 2.19. The van der Waals surface area contributed by atoms with Crippen molar-refractivity contribution in [1.82, 2.24) is 9.97 Å². The van der Waals surface area contributed by atoms with Crippen LogP contribution in [-0.2, 0) is 0 Å². The fourth-order valence-corrected chi connectivity index (χ4v) is 2.84.